The second-order valence-electron chi connectivity index (χ2n) is 6.54. The zero-order chi connectivity index (χ0) is 20.3. The Morgan fingerprint density at radius 1 is 0.897 bits per heavy atom. The van der Waals surface area contributed by atoms with Crippen LogP contribution in [-0.2, 0) is 17.8 Å². The average molecular weight is 387 g/mol. The Hall–Kier alpha value is -3.53. The SMILES string of the molecule is COc1cc(C=CC(=O)NCCc2ccccc2)ccc1OCc1ccccc1. The van der Waals surface area contributed by atoms with Crippen molar-refractivity contribution in [3.8, 4) is 11.5 Å². The van der Waals surface area contributed by atoms with Gasteiger partial charge in [-0.1, -0.05) is 66.7 Å². The predicted molar refractivity (Wildman–Crippen MR) is 116 cm³/mol. The van der Waals surface area contributed by atoms with Gasteiger partial charge in [-0.05, 0) is 41.3 Å². The number of hydrogen-bond acceptors (Lipinski definition) is 3. The minimum absolute atomic E-state index is 0.121. The van der Waals surface area contributed by atoms with Gasteiger partial charge in [0.1, 0.15) is 6.61 Å². The number of ether oxygens (including phenoxy) is 2. The van der Waals surface area contributed by atoms with E-state index >= 15 is 0 Å². The molecule has 1 amide bonds. The van der Waals surface area contributed by atoms with Gasteiger partial charge < -0.3 is 14.8 Å². The van der Waals surface area contributed by atoms with Crippen molar-refractivity contribution in [2.45, 2.75) is 13.0 Å². The molecular formula is C25H25NO3. The summed E-state index contributed by atoms with van der Waals surface area (Å²) in [6.07, 6.45) is 4.10. The van der Waals surface area contributed by atoms with Crippen molar-refractivity contribution in [1.82, 2.24) is 5.32 Å². The summed E-state index contributed by atoms with van der Waals surface area (Å²) in [5.41, 5.74) is 3.16. The first kappa shape index (κ1) is 20.2. The van der Waals surface area contributed by atoms with Crippen LogP contribution in [0.5, 0.6) is 11.5 Å². The summed E-state index contributed by atoms with van der Waals surface area (Å²) >= 11 is 0. The van der Waals surface area contributed by atoms with E-state index in [4.69, 9.17) is 9.47 Å². The second-order valence-corrected chi connectivity index (χ2v) is 6.54. The summed E-state index contributed by atoms with van der Waals surface area (Å²) in [6, 6.07) is 25.7. The van der Waals surface area contributed by atoms with Crippen molar-refractivity contribution >= 4 is 12.0 Å². The predicted octanol–water partition coefficient (Wildman–Crippen LogP) is 4.65. The van der Waals surface area contributed by atoms with Crippen LogP contribution >= 0.6 is 0 Å². The minimum Gasteiger partial charge on any atom is -0.493 e. The third-order valence-electron chi connectivity index (χ3n) is 4.41. The standard InChI is InChI=1S/C25H25NO3/c1-28-24-18-21(12-14-23(24)29-19-22-10-6-3-7-11-22)13-15-25(27)26-17-16-20-8-4-2-5-9-20/h2-15,18H,16-17,19H2,1H3,(H,26,27). The number of carbonyl (C=O) groups excluding carboxylic acids is 1. The van der Waals surface area contributed by atoms with Crippen LogP contribution < -0.4 is 14.8 Å². The molecule has 3 rings (SSSR count). The Labute approximate surface area is 171 Å². The van der Waals surface area contributed by atoms with Crippen molar-refractivity contribution in [3.63, 3.8) is 0 Å². The summed E-state index contributed by atoms with van der Waals surface area (Å²) < 4.78 is 11.3. The Morgan fingerprint density at radius 2 is 1.59 bits per heavy atom. The molecule has 0 aliphatic rings. The van der Waals surface area contributed by atoms with E-state index in [1.165, 1.54) is 11.6 Å². The third kappa shape index (κ3) is 6.54. The van der Waals surface area contributed by atoms with Gasteiger partial charge in [0.15, 0.2) is 11.5 Å². The highest BCUT2D eigenvalue weighted by Gasteiger charge is 2.06. The van der Waals surface area contributed by atoms with Gasteiger partial charge in [-0.2, -0.15) is 0 Å². The smallest absolute Gasteiger partial charge is 0.244 e. The second kappa shape index (κ2) is 10.7. The lowest BCUT2D eigenvalue weighted by molar-refractivity contribution is -0.116. The van der Waals surface area contributed by atoms with Crippen LogP contribution in [0.4, 0.5) is 0 Å². The van der Waals surface area contributed by atoms with Crippen LogP contribution in [0, 0.1) is 0 Å². The Balaban J connectivity index is 1.52. The molecule has 0 aliphatic heterocycles. The van der Waals surface area contributed by atoms with Gasteiger partial charge >= 0.3 is 0 Å². The van der Waals surface area contributed by atoms with Crippen molar-refractivity contribution in [3.05, 3.63) is 102 Å². The Kier molecular flexibility index (Phi) is 7.47. The van der Waals surface area contributed by atoms with Crippen LogP contribution in [0.25, 0.3) is 6.08 Å². The molecule has 148 valence electrons. The number of rotatable bonds is 9. The summed E-state index contributed by atoms with van der Waals surface area (Å²) in [7, 11) is 1.61. The molecule has 0 heterocycles. The fraction of sp³-hybridized carbons (Fsp3) is 0.160. The van der Waals surface area contributed by atoms with E-state index in [1.54, 1.807) is 13.2 Å². The van der Waals surface area contributed by atoms with E-state index in [9.17, 15) is 4.79 Å². The van der Waals surface area contributed by atoms with Crippen molar-refractivity contribution in [1.29, 1.82) is 0 Å². The van der Waals surface area contributed by atoms with E-state index < -0.39 is 0 Å². The lowest BCUT2D eigenvalue weighted by Gasteiger charge is -2.11. The largest absolute Gasteiger partial charge is 0.493 e. The maximum absolute atomic E-state index is 12.0. The summed E-state index contributed by atoms with van der Waals surface area (Å²) in [5, 5.41) is 2.90. The van der Waals surface area contributed by atoms with Crippen molar-refractivity contribution < 1.29 is 14.3 Å². The molecule has 0 saturated heterocycles. The molecule has 3 aromatic rings. The molecular weight excluding hydrogens is 362 g/mol. The molecule has 4 heteroatoms. The van der Waals surface area contributed by atoms with E-state index in [1.807, 2.05) is 66.7 Å². The first-order valence-electron chi connectivity index (χ1n) is 9.59. The van der Waals surface area contributed by atoms with Crippen LogP contribution in [0.2, 0.25) is 0 Å². The molecule has 0 radical (unpaired) electrons. The highest BCUT2D eigenvalue weighted by atomic mass is 16.5. The first-order valence-corrected chi connectivity index (χ1v) is 9.59. The molecule has 0 unspecified atom stereocenters. The minimum atomic E-state index is -0.121. The van der Waals surface area contributed by atoms with Crippen LogP contribution in [0.1, 0.15) is 16.7 Å². The zero-order valence-corrected chi connectivity index (χ0v) is 16.5. The Morgan fingerprint density at radius 3 is 2.28 bits per heavy atom. The number of hydrogen-bond donors (Lipinski definition) is 1. The molecule has 0 atom stereocenters. The molecule has 4 nitrogen and oxygen atoms in total. The summed E-state index contributed by atoms with van der Waals surface area (Å²) in [4.78, 5) is 12.0. The molecule has 0 spiro atoms. The highest BCUT2D eigenvalue weighted by Crippen LogP contribution is 2.29. The third-order valence-corrected chi connectivity index (χ3v) is 4.41. The first-order chi connectivity index (χ1) is 14.2. The van der Waals surface area contributed by atoms with Gasteiger partial charge in [-0.3, -0.25) is 4.79 Å². The highest BCUT2D eigenvalue weighted by molar-refractivity contribution is 5.91. The van der Waals surface area contributed by atoms with Gasteiger partial charge in [0.2, 0.25) is 5.91 Å². The fourth-order valence-corrected chi connectivity index (χ4v) is 2.85. The molecule has 0 saturated carbocycles. The summed E-state index contributed by atoms with van der Waals surface area (Å²) in [5.74, 6) is 1.18. The van der Waals surface area contributed by atoms with E-state index in [0.717, 1.165) is 17.5 Å². The van der Waals surface area contributed by atoms with Gasteiger partial charge in [-0.25, -0.2) is 0 Å². The molecule has 3 aromatic carbocycles. The normalized spacial score (nSPS) is 10.7. The van der Waals surface area contributed by atoms with Crippen LogP contribution in [-0.4, -0.2) is 19.6 Å². The average Bonchev–Trinajstić information content (AvgIpc) is 2.78. The van der Waals surface area contributed by atoms with Gasteiger partial charge in [0, 0.05) is 12.6 Å². The summed E-state index contributed by atoms with van der Waals surface area (Å²) in [6.45, 7) is 1.07. The van der Waals surface area contributed by atoms with Gasteiger partial charge in [0.25, 0.3) is 0 Å². The van der Waals surface area contributed by atoms with Crippen LogP contribution in [0.3, 0.4) is 0 Å². The quantitative estimate of drug-likeness (QED) is 0.544. The zero-order valence-electron chi connectivity index (χ0n) is 16.5. The van der Waals surface area contributed by atoms with Gasteiger partial charge in [-0.15, -0.1) is 0 Å². The van der Waals surface area contributed by atoms with Crippen molar-refractivity contribution in [2.24, 2.45) is 0 Å². The van der Waals surface area contributed by atoms with E-state index in [0.29, 0.717) is 24.7 Å². The number of amides is 1. The molecule has 0 aromatic heterocycles. The lowest BCUT2D eigenvalue weighted by Crippen LogP contribution is -2.23. The molecule has 0 aliphatic carbocycles. The lowest BCUT2D eigenvalue weighted by atomic mass is 10.1. The monoisotopic (exact) mass is 387 g/mol. The number of carbonyl (C=O) groups is 1. The molecule has 0 fully saturated rings. The number of methoxy groups -OCH3 is 1. The van der Waals surface area contributed by atoms with Crippen LogP contribution in [0.15, 0.2) is 84.9 Å². The molecule has 1 N–H and O–H groups in total. The number of nitrogens with one attached hydrogen (secondary N) is 1. The van der Waals surface area contributed by atoms with E-state index in [2.05, 4.69) is 17.4 Å². The maximum atomic E-state index is 12.0. The van der Waals surface area contributed by atoms with Crippen molar-refractivity contribution in [2.75, 3.05) is 13.7 Å². The molecule has 29 heavy (non-hydrogen) atoms. The molecule has 0 bridgehead atoms. The fourth-order valence-electron chi connectivity index (χ4n) is 2.85. The topological polar surface area (TPSA) is 47.6 Å². The maximum Gasteiger partial charge on any atom is 0.244 e. The number of benzene rings is 3. The van der Waals surface area contributed by atoms with Gasteiger partial charge in [0.05, 0.1) is 7.11 Å². The Bertz CT molecular complexity index is 937. The van der Waals surface area contributed by atoms with E-state index in [-0.39, 0.29) is 5.91 Å².